The van der Waals surface area contributed by atoms with E-state index >= 15 is 0 Å². The van der Waals surface area contributed by atoms with Crippen LogP contribution in [0, 0.1) is 0 Å². The average Bonchev–Trinajstić information content (AvgIpc) is 3.23. The monoisotopic (exact) mass is 417 g/mol. The van der Waals surface area contributed by atoms with Gasteiger partial charge in [-0.05, 0) is 46.0 Å². The highest BCUT2D eigenvalue weighted by Crippen LogP contribution is 2.50. The highest BCUT2D eigenvalue weighted by Gasteiger charge is 2.36. The van der Waals surface area contributed by atoms with E-state index in [-0.39, 0.29) is 5.41 Å². The Hall–Kier alpha value is -3.40. The first-order chi connectivity index (χ1) is 15.5. The standard InChI is InChI=1S/C29H27N3/c1-29(2)25-14-8-6-12-21(25)23-16-24-22-13-7-9-15-27(22)32(28(24)17-26(23)29)19-31(30)18-20-10-4-3-5-11-20/h3-17H,18-19,30H2,1-2H3. The minimum Gasteiger partial charge on any atom is -0.326 e. The van der Waals surface area contributed by atoms with E-state index in [9.17, 15) is 0 Å². The molecule has 3 nitrogen and oxygen atoms in total. The van der Waals surface area contributed by atoms with Crippen LogP contribution in [-0.2, 0) is 18.6 Å². The smallest absolute Gasteiger partial charge is 0.0889 e. The van der Waals surface area contributed by atoms with E-state index in [0.717, 1.165) is 0 Å². The number of nitrogens with zero attached hydrogens (tertiary/aromatic N) is 2. The van der Waals surface area contributed by atoms with Crippen molar-refractivity contribution < 1.29 is 0 Å². The van der Waals surface area contributed by atoms with Gasteiger partial charge in [0.15, 0.2) is 0 Å². The van der Waals surface area contributed by atoms with E-state index in [1.165, 1.54) is 49.6 Å². The largest absolute Gasteiger partial charge is 0.326 e. The van der Waals surface area contributed by atoms with Crippen LogP contribution >= 0.6 is 0 Å². The summed E-state index contributed by atoms with van der Waals surface area (Å²) in [6.45, 7) is 6.00. The van der Waals surface area contributed by atoms with Gasteiger partial charge in [-0.25, -0.2) is 5.01 Å². The maximum Gasteiger partial charge on any atom is 0.0889 e. The minimum atomic E-state index is -0.0200. The third-order valence-corrected chi connectivity index (χ3v) is 7.03. The van der Waals surface area contributed by atoms with Gasteiger partial charge in [-0.2, -0.15) is 0 Å². The van der Waals surface area contributed by atoms with Crippen molar-refractivity contribution in [1.82, 2.24) is 9.58 Å². The number of nitrogens with two attached hydrogens (primary N) is 1. The van der Waals surface area contributed by atoms with Gasteiger partial charge in [0.25, 0.3) is 0 Å². The molecule has 0 saturated carbocycles. The average molecular weight is 418 g/mol. The second-order valence-corrected chi connectivity index (χ2v) is 9.40. The van der Waals surface area contributed by atoms with Crippen LogP contribution in [0.4, 0.5) is 0 Å². The number of para-hydroxylation sites is 1. The van der Waals surface area contributed by atoms with E-state index in [0.29, 0.717) is 13.2 Å². The molecule has 1 heterocycles. The van der Waals surface area contributed by atoms with Crippen LogP contribution in [0.5, 0.6) is 0 Å². The number of hydrogen-bond acceptors (Lipinski definition) is 2. The predicted molar refractivity (Wildman–Crippen MR) is 133 cm³/mol. The lowest BCUT2D eigenvalue weighted by atomic mass is 9.82. The Morgan fingerprint density at radius 2 is 1.44 bits per heavy atom. The van der Waals surface area contributed by atoms with Gasteiger partial charge in [0.05, 0.1) is 17.7 Å². The number of benzene rings is 4. The Morgan fingerprint density at radius 3 is 2.28 bits per heavy atom. The zero-order chi connectivity index (χ0) is 21.9. The lowest BCUT2D eigenvalue weighted by Gasteiger charge is -2.22. The molecule has 1 aliphatic rings. The highest BCUT2D eigenvalue weighted by atomic mass is 15.4. The molecule has 32 heavy (non-hydrogen) atoms. The fourth-order valence-electron chi connectivity index (χ4n) is 5.44. The molecule has 158 valence electrons. The summed E-state index contributed by atoms with van der Waals surface area (Å²) in [6, 6.07) is 32.7. The van der Waals surface area contributed by atoms with E-state index < -0.39 is 0 Å². The molecule has 0 atom stereocenters. The number of hydrogen-bond donors (Lipinski definition) is 1. The molecule has 0 amide bonds. The molecule has 0 radical (unpaired) electrons. The first-order valence-electron chi connectivity index (χ1n) is 11.2. The minimum absolute atomic E-state index is 0.0200. The van der Waals surface area contributed by atoms with E-state index in [2.05, 4.69) is 103 Å². The second kappa shape index (κ2) is 7.06. The van der Waals surface area contributed by atoms with Gasteiger partial charge >= 0.3 is 0 Å². The fourth-order valence-corrected chi connectivity index (χ4v) is 5.44. The molecule has 3 heteroatoms. The topological polar surface area (TPSA) is 34.2 Å². The molecule has 0 fully saturated rings. The van der Waals surface area contributed by atoms with Gasteiger partial charge < -0.3 is 4.57 Å². The molecule has 4 aromatic carbocycles. The molecule has 2 N–H and O–H groups in total. The summed E-state index contributed by atoms with van der Waals surface area (Å²) in [7, 11) is 0. The van der Waals surface area contributed by atoms with Crippen LogP contribution in [0.15, 0.2) is 91.0 Å². The van der Waals surface area contributed by atoms with Crippen molar-refractivity contribution in [3.8, 4) is 11.1 Å². The Labute approximate surface area is 188 Å². The summed E-state index contributed by atoms with van der Waals surface area (Å²) in [5.74, 6) is 6.53. The normalized spacial score (nSPS) is 14.2. The van der Waals surface area contributed by atoms with Crippen molar-refractivity contribution in [2.24, 2.45) is 5.84 Å². The van der Waals surface area contributed by atoms with Crippen LogP contribution < -0.4 is 5.84 Å². The zero-order valence-electron chi connectivity index (χ0n) is 18.5. The molecule has 6 rings (SSSR count). The lowest BCUT2D eigenvalue weighted by Crippen LogP contribution is -2.32. The summed E-state index contributed by atoms with van der Waals surface area (Å²) in [6.07, 6.45) is 0. The van der Waals surface area contributed by atoms with Gasteiger partial charge in [-0.15, -0.1) is 0 Å². The quantitative estimate of drug-likeness (QED) is 0.270. The van der Waals surface area contributed by atoms with Crippen molar-refractivity contribution in [3.05, 3.63) is 108 Å². The molecule has 0 aliphatic heterocycles. The highest BCUT2D eigenvalue weighted by molar-refractivity contribution is 6.10. The van der Waals surface area contributed by atoms with Gasteiger partial charge in [-0.3, -0.25) is 5.84 Å². The van der Waals surface area contributed by atoms with E-state index in [1.807, 2.05) is 11.1 Å². The van der Waals surface area contributed by atoms with Crippen LogP contribution in [0.25, 0.3) is 32.9 Å². The van der Waals surface area contributed by atoms with Gasteiger partial charge in [0.2, 0.25) is 0 Å². The van der Waals surface area contributed by atoms with Crippen molar-refractivity contribution in [3.63, 3.8) is 0 Å². The number of aromatic nitrogens is 1. The SMILES string of the molecule is CC1(C)c2ccccc2-c2cc3c4ccccc4n(CN(N)Cc4ccccc4)c3cc21. The number of fused-ring (bicyclic) bond motifs is 6. The van der Waals surface area contributed by atoms with Crippen LogP contribution in [0.1, 0.15) is 30.5 Å². The lowest BCUT2D eigenvalue weighted by molar-refractivity contribution is 0.222. The summed E-state index contributed by atoms with van der Waals surface area (Å²) in [4.78, 5) is 0. The summed E-state index contributed by atoms with van der Waals surface area (Å²) in [5.41, 5.74) is 9.17. The Kier molecular flexibility index (Phi) is 4.26. The first-order valence-corrected chi connectivity index (χ1v) is 11.2. The fraction of sp³-hybridized carbons (Fsp3) is 0.172. The molecule has 1 aromatic heterocycles. The number of rotatable bonds is 4. The maximum atomic E-state index is 6.53. The predicted octanol–water partition coefficient (Wildman–Crippen LogP) is 6.43. The molecule has 0 spiro atoms. The van der Waals surface area contributed by atoms with Crippen LogP contribution in [0.3, 0.4) is 0 Å². The summed E-state index contributed by atoms with van der Waals surface area (Å²) < 4.78 is 2.37. The molecular formula is C29H27N3. The molecule has 0 saturated heterocycles. The molecule has 1 aliphatic carbocycles. The van der Waals surface area contributed by atoms with Gasteiger partial charge in [0, 0.05) is 22.7 Å². The van der Waals surface area contributed by atoms with Gasteiger partial charge in [-0.1, -0.05) is 86.6 Å². The van der Waals surface area contributed by atoms with E-state index in [4.69, 9.17) is 5.84 Å². The zero-order valence-corrected chi connectivity index (χ0v) is 18.5. The number of hydrazine groups is 1. The third kappa shape index (κ3) is 2.82. The first kappa shape index (κ1) is 19.3. The van der Waals surface area contributed by atoms with Gasteiger partial charge in [0.1, 0.15) is 0 Å². The molecule has 5 aromatic rings. The van der Waals surface area contributed by atoms with Crippen molar-refractivity contribution in [2.45, 2.75) is 32.5 Å². The Morgan fingerprint density at radius 1 is 0.719 bits per heavy atom. The molecule has 0 unspecified atom stereocenters. The van der Waals surface area contributed by atoms with Crippen molar-refractivity contribution in [2.75, 3.05) is 0 Å². The van der Waals surface area contributed by atoms with E-state index in [1.54, 1.807) is 0 Å². The maximum absolute atomic E-state index is 6.53. The van der Waals surface area contributed by atoms with Crippen LogP contribution in [-0.4, -0.2) is 9.58 Å². The van der Waals surface area contributed by atoms with Crippen LogP contribution in [0.2, 0.25) is 0 Å². The third-order valence-electron chi connectivity index (χ3n) is 7.03. The van der Waals surface area contributed by atoms with Crippen molar-refractivity contribution >= 4 is 21.8 Å². The Balaban J connectivity index is 1.53. The Bertz CT molecular complexity index is 1460. The van der Waals surface area contributed by atoms with Crippen molar-refractivity contribution in [1.29, 1.82) is 0 Å². The molecular weight excluding hydrogens is 390 g/mol. The summed E-state index contributed by atoms with van der Waals surface area (Å²) in [5, 5.41) is 4.47. The second-order valence-electron chi connectivity index (χ2n) is 9.40. The summed E-state index contributed by atoms with van der Waals surface area (Å²) >= 11 is 0. The molecule has 0 bridgehead atoms.